The van der Waals surface area contributed by atoms with E-state index in [1.165, 1.54) is 35.2 Å². The Morgan fingerprint density at radius 3 is 2.48 bits per heavy atom. The Kier molecular flexibility index (Phi) is 13.1. The molecule has 0 bridgehead atoms. The molecule has 0 aliphatic rings. The number of rotatable bonds is 14. The molecule has 0 atom stereocenters. The topological polar surface area (TPSA) is 94.3 Å². The number of nitrogens with zero attached hydrogens (tertiary/aromatic N) is 5. The molecule has 0 aliphatic carbocycles. The van der Waals surface area contributed by atoms with Crippen molar-refractivity contribution in [2.24, 2.45) is 5.92 Å². The maximum Gasteiger partial charge on any atom is 0.416 e. The van der Waals surface area contributed by atoms with E-state index >= 15 is 0 Å². The Morgan fingerprint density at radius 2 is 1.82 bits per heavy atom. The van der Waals surface area contributed by atoms with E-state index in [0.717, 1.165) is 35.9 Å². The number of carbonyl (C=O) groups excluding carboxylic acids is 2. The molecule has 3 rings (SSSR count). The van der Waals surface area contributed by atoms with Crippen LogP contribution in [-0.2, 0) is 30.5 Å². The minimum atomic E-state index is -4.63. The zero-order valence-corrected chi connectivity index (χ0v) is 26.1. The third kappa shape index (κ3) is 10.3. The lowest BCUT2D eigenvalue weighted by molar-refractivity contribution is -0.145. The summed E-state index contributed by atoms with van der Waals surface area (Å²) in [5.74, 6) is 0.526. The lowest BCUT2D eigenvalue weighted by Gasteiger charge is -2.35. The summed E-state index contributed by atoms with van der Waals surface area (Å²) in [6.07, 6.45) is 1.51. The fraction of sp³-hybridized carbons (Fsp3) is 0.438. The molecule has 236 valence electrons. The smallest absolute Gasteiger partial charge is 0.330 e. The summed E-state index contributed by atoms with van der Waals surface area (Å²) >= 11 is 1.17. The maximum absolute atomic E-state index is 14.0. The minimum Gasteiger partial charge on any atom is -0.330 e. The second kappa shape index (κ2) is 16.8. The molecule has 1 heterocycles. The largest absolute Gasteiger partial charge is 0.416 e. The van der Waals surface area contributed by atoms with Gasteiger partial charge in [0.1, 0.15) is 0 Å². The zero-order valence-electron chi connectivity index (χ0n) is 25.3. The van der Waals surface area contributed by atoms with Gasteiger partial charge in [0.2, 0.25) is 5.91 Å². The van der Waals surface area contributed by atoms with Gasteiger partial charge in [-0.25, -0.2) is 19.8 Å². The van der Waals surface area contributed by atoms with Gasteiger partial charge >= 0.3 is 12.2 Å². The Bertz CT molecular complexity index is 1400. The van der Waals surface area contributed by atoms with Gasteiger partial charge in [-0.05, 0) is 66.5 Å². The van der Waals surface area contributed by atoms with Crippen LogP contribution in [0, 0.1) is 17.2 Å². The normalized spacial score (nSPS) is 11.3. The van der Waals surface area contributed by atoms with Crippen LogP contribution in [0.2, 0.25) is 0 Å². The van der Waals surface area contributed by atoms with Gasteiger partial charge in [-0.3, -0.25) is 9.52 Å². The third-order valence-electron chi connectivity index (χ3n) is 6.93. The van der Waals surface area contributed by atoms with Crippen molar-refractivity contribution >= 4 is 23.9 Å². The minimum absolute atomic E-state index is 0.110. The van der Waals surface area contributed by atoms with Crippen molar-refractivity contribution < 1.29 is 22.8 Å². The molecule has 0 saturated heterocycles. The van der Waals surface area contributed by atoms with E-state index < -0.39 is 30.2 Å². The van der Waals surface area contributed by atoms with E-state index in [2.05, 4.69) is 15.8 Å². The Balaban J connectivity index is 1.93. The van der Waals surface area contributed by atoms with E-state index in [0.29, 0.717) is 35.9 Å². The number of hydrazine groups is 1. The highest BCUT2D eigenvalue weighted by molar-refractivity contribution is 7.97. The number of nitrogens with one attached hydrogen (secondary N) is 1. The molecule has 12 heteroatoms. The monoisotopic (exact) mass is 628 g/mol. The third-order valence-corrected chi connectivity index (χ3v) is 7.75. The van der Waals surface area contributed by atoms with Gasteiger partial charge in [0, 0.05) is 30.7 Å². The first-order chi connectivity index (χ1) is 21.0. The molecule has 3 amide bonds. The highest BCUT2D eigenvalue weighted by atomic mass is 32.2. The number of amides is 3. The zero-order chi connectivity index (χ0) is 32.1. The Morgan fingerprint density at radius 1 is 1.09 bits per heavy atom. The van der Waals surface area contributed by atoms with Crippen molar-refractivity contribution in [1.82, 2.24) is 24.3 Å². The SMILES string of the molecule is CCCCSNC(=O)N(Cc1ccccc1C(F)(F)F)N(CCCC(C)C)C(=O)Cc1cncn1Cc1ccc(C#N)cc1. The van der Waals surface area contributed by atoms with Crippen molar-refractivity contribution in [2.45, 2.75) is 72.1 Å². The molecule has 44 heavy (non-hydrogen) atoms. The summed E-state index contributed by atoms with van der Waals surface area (Å²) in [5.41, 5.74) is 1.05. The summed E-state index contributed by atoms with van der Waals surface area (Å²) in [4.78, 5) is 31.7. The van der Waals surface area contributed by atoms with Crippen LogP contribution >= 0.6 is 11.9 Å². The molecule has 0 aliphatic heterocycles. The molecular weight excluding hydrogens is 589 g/mol. The molecular formula is C32H39F3N6O2S. The summed E-state index contributed by atoms with van der Waals surface area (Å²) < 4.78 is 46.3. The highest BCUT2D eigenvalue weighted by Crippen LogP contribution is 2.33. The van der Waals surface area contributed by atoms with Gasteiger partial charge in [0.05, 0.1) is 36.5 Å². The molecule has 0 spiro atoms. The van der Waals surface area contributed by atoms with Crippen LogP contribution in [0.1, 0.15) is 74.4 Å². The number of unbranched alkanes of at least 4 members (excludes halogenated alkanes) is 1. The van der Waals surface area contributed by atoms with E-state index in [-0.39, 0.29) is 18.5 Å². The van der Waals surface area contributed by atoms with E-state index in [9.17, 15) is 22.8 Å². The van der Waals surface area contributed by atoms with Crippen LogP contribution in [0.3, 0.4) is 0 Å². The van der Waals surface area contributed by atoms with Crippen LogP contribution in [0.4, 0.5) is 18.0 Å². The van der Waals surface area contributed by atoms with E-state index in [4.69, 9.17) is 5.26 Å². The number of imidazole rings is 1. The molecule has 3 aromatic rings. The van der Waals surface area contributed by atoms with Crippen LogP contribution in [-0.4, -0.2) is 43.8 Å². The molecule has 0 unspecified atom stereocenters. The molecule has 2 aromatic carbocycles. The molecule has 0 fully saturated rings. The number of urea groups is 1. The van der Waals surface area contributed by atoms with Crippen LogP contribution in [0.15, 0.2) is 61.1 Å². The van der Waals surface area contributed by atoms with Gasteiger partial charge in [-0.2, -0.15) is 18.4 Å². The van der Waals surface area contributed by atoms with Crippen molar-refractivity contribution in [3.8, 4) is 6.07 Å². The lowest BCUT2D eigenvalue weighted by Crippen LogP contribution is -2.53. The number of nitriles is 1. The molecule has 1 aromatic heterocycles. The second-order valence-electron chi connectivity index (χ2n) is 10.9. The number of aromatic nitrogens is 2. The van der Waals surface area contributed by atoms with Crippen molar-refractivity contribution in [1.29, 1.82) is 5.26 Å². The van der Waals surface area contributed by atoms with Crippen molar-refractivity contribution in [2.75, 3.05) is 12.3 Å². The summed E-state index contributed by atoms with van der Waals surface area (Å²) in [5, 5.41) is 11.5. The van der Waals surface area contributed by atoms with Crippen LogP contribution in [0.5, 0.6) is 0 Å². The van der Waals surface area contributed by atoms with Gasteiger partial charge < -0.3 is 4.57 Å². The number of carbonyl (C=O) groups is 2. The summed E-state index contributed by atoms with van der Waals surface area (Å²) in [6.45, 7) is 6.23. The van der Waals surface area contributed by atoms with Gasteiger partial charge in [-0.15, -0.1) is 0 Å². The first-order valence-corrected chi connectivity index (χ1v) is 15.6. The van der Waals surface area contributed by atoms with Crippen LogP contribution in [0.25, 0.3) is 0 Å². The highest BCUT2D eigenvalue weighted by Gasteiger charge is 2.35. The number of halogens is 3. The fourth-order valence-electron chi connectivity index (χ4n) is 4.54. The quantitative estimate of drug-likeness (QED) is 0.116. The Hall–Kier alpha value is -3.98. The molecule has 1 N–H and O–H groups in total. The predicted molar refractivity (Wildman–Crippen MR) is 165 cm³/mol. The summed E-state index contributed by atoms with van der Waals surface area (Å²) in [6, 6.07) is 13.6. The van der Waals surface area contributed by atoms with Crippen LogP contribution < -0.4 is 4.72 Å². The lowest BCUT2D eigenvalue weighted by atomic mass is 10.1. The number of hydrogen-bond acceptors (Lipinski definition) is 5. The molecule has 8 nitrogen and oxygen atoms in total. The van der Waals surface area contributed by atoms with Crippen molar-refractivity contribution in [3.05, 3.63) is 89.0 Å². The first kappa shape index (κ1) is 34.5. The predicted octanol–water partition coefficient (Wildman–Crippen LogP) is 7.20. The fourth-order valence-corrected chi connectivity index (χ4v) is 5.30. The van der Waals surface area contributed by atoms with Gasteiger partial charge in [-0.1, -0.05) is 57.5 Å². The van der Waals surface area contributed by atoms with E-state index in [1.807, 2.05) is 32.9 Å². The van der Waals surface area contributed by atoms with Gasteiger partial charge in [0.15, 0.2) is 0 Å². The molecule has 0 saturated carbocycles. The number of alkyl halides is 3. The average molecular weight is 629 g/mol. The van der Waals surface area contributed by atoms with Crippen molar-refractivity contribution in [3.63, 3.8) is 0 Å². The van der Waals surface area contributed by atoms with Gasteiger partial charge in [0.25, 0.3) is 0 Å². The average Bonchev–Trinajstić information content (AvgIpc) is 3.42. The summed E-state index contributed by atoms with van der Waals surface area (Å²) in [7, 11) is 0. The van der Waals surface area contributed by atoms with E-state index in [1.54, 1.807) is 29.2 Å². The Labute approximate surface area is 261 Å². The maximum atomic E-state index is 14.0. The number of benzene rings is 2. The standard InChI is InChI=1S/C32H39F3N6O2S/c1-4-5-17-44-38-31(43)41(22-27-10-6-7-11-29(27)32(33,34)35)40(16-8-9-24(2)3)30(42)18-28-20-37-23-39(28)21-26-14-12-25(19-36)13-15-26/h6-7,10-15,20,23-24H,4-5,8-9,16-18,21-22H2,1-3H3,(H,38,43). The first-order valence-electron chi connectivity index (χ1n) is 14.7. The number of hydrogen-bond donors (Lipinski definition) is 1. The molecule has 0 radical (unpaired) electrons. The second-order valence-corrected chi connectivity index (χ2v) is 11.8.